The van der Waals surface area contributed by atoms with Crippen LogP contribution in [0.15, 0.2) is 54.9 Å². The zero-order valence-corrected chi connectivity index (χ0v) is 29.7. The van der Waals surface area contributed by atoms with E-state index in [1.54, 1.807) is 12.4 Å². The van der Waals surface area contributed by atoms with E-state index >= 15 is 0 Å². The summed E-state index contributed by atoms with van der Waals surface area (Å²) in [6, 6.07) is 15.3. The molecule has 0 aliphatic carbocycles. The van der Waals surface area contributed by atoms with E-state index in [0.29, 0.717) is 72.9 Å². The summed E-state index contributed by atoms with van der Waals surface area (Å²) in [4.78, 5) is 34.0. The Morgan fingerprint density at radius 1 is 1.12 bits per heavy atom. The number of aromatic nitrogens is 4. The molecule has 51 heavy (non-hydrogen) atoms. The van der Waals surface area contributed by atoms with Gasteiger partial charge in [0.05, 0.1) is 47.1 Å². The number of nitrogens with zero attached hydrogens (tertiary/aromatic N) is 7. The fourth-order valence-corrected chi connectivity index (χ4v) is 7.98. The van der Waals surface area contributed by atoms with E-state index in [2.05, 4.69) is 33.7 Å². The summed E-state index contributed by atoms with van der Waals surface area (Å²) in [7, 11) is 2.11. The van der Waals surface area contributed by atoms with Crippen molar-refractivity contribution >= 4 is 45.5 Å². The number of esters is 1. The van der Waals surface area contributed by atoms with Gasteiger partial charge < -0.3 is 34.5 Å². The van der Waals surface area contributed by atoms with Crippen LogP contribution >= 0.6 is 11.6 Å². The van der Waals surface area contributed by atoms with Crippen LogP contribution in [-0.4, -0.2) is 69.2 Å². The Morgan fingerprint density at radius 2 is 1.96 bits per heavy atom. The van der Waals surface area contributed by atoms with E-state index in [9.17, 15) is 9.18 Å². The van der Waals surface area contributed by atoms with Gasteiger partial charge in [-0.05, 0) is 75.9 Å². The molecule has 1 saturated heterocycles. The SMILES string of the molecule is Cc1cccc(N)c1C(=O)Oc1cc(N2CCc3c(nc(OC[C@@H]4CCCN4C)nc3N3Cc4c(F)ncn4C[C@H]3C)C2)c2c(Cl)cccc2c1. The first-order valence-electron chi connectivity index (χ1n) is 17.4. The van der Waals surface area contributed by atoms with E-state index in [1.165, 1.54) is 0 Å². The van der Waals surface area contributed by atoms with E-state index < -0.39 is 11.9 Å². The van der Waals surface area contributed by atoms with Crippen LogP contribution in [-0.2, 0) is 26.1 Å². The molecule has 11 nitrogen and oxygen atoms in total. The van der Waals surface area contributed by atoms with Crippen molar-refractivity contribution in [1.82, 2.24) is 24.4 Å². The molecule has 5 aromatic rings. The molecule has 264 valence electrons. The Bertz CT molecular complexity index is 2140. The van der Waals surface area contributed by atoms with Gasteiger partial charge in [-0.15, -0.1) is 0 Å². The molecule has 0 spiro atoms. The number of carbonyl (C=O) groups is 1. The van der Waals surface area contributed by atoms with Gasteiger partial charge in [-0.3, -0.25) is 0 Å². The standard InChI is InChI=1S/C38H40ClFN8O3/c1-22-7-4-11-29(41)33(22)37(49)51-26-15-24-8-5-10-28(39)34(24)31(16-26)46-14-12-27-30(18-46)43-38(50-20-25-9-6-13-45(25)3)44-36(27)48-19-32-35(40)42-21-47(32)17-23(48)2/h4-5,7-8,10-11,15-16,21,23,25H,6,9,12-14,17-20,41H2,1-3H3/t23-,25+/m1/s1. The van der Waals surface area contributed by atoms with Crippen LogP contribution < -0.4 is 25.0 Å². The first-order valence-corrected chi connectivity index (χ1v) is 17.8. The lowest BCUT2D eigenvalue weighted by molar-refractivity contribution is 0.0735. The molecule has 0 bridgehead atoms. The minimum absolute atomic E-state index is 0.0355. The Balaban J connectivity index is 1.17. The average Bonchev–Trinajstić information content (AvgIpc) is 3.69. The molecule has 13 heteroatoms. The van der Waals surface area contributed by atoms with Crippen molar-refractivity contribution in [2.45, 2.75) is 64.8 Å². The molecule has 2 N–H and O–H groups in total. The maximum absolute atomic E-state index is 14.8. The molecule has 0 saturated carbocycles. The van der Waals surface area contributed by atoms with Crippen LogP contribution in [0, 0.1) is 12.9 Å². The summed E-state index contributed by atoms with van der Waals surface area (Å²) in [6.07, 6.45) is 4.37. The number of anilines is 3. The molecule has 5 heterocycles. The second-order valence-electron chi connectivity index (χ2n) is 13.8. The zero-order valence-electron chi connectivity index (χ0n) is 28.9. The van der Waals surface area contributed by atoms with Crippen molar-refractivity contribution in [2.24, 2.45) is 0 Å². The summed E-state index contributed by atoms with van der Waals surface area (Å²) in [6.45, 7) is 7.44. The molecular weight excluding hydrogens is 671 g/mol. The fourth-order valence-electron chi connectivity index (χ4n) is 7.71. The highest BCUT2D eigenvalue weighted by molar-refractivity contribution is 6.36. The number of imidazole rings is 1. The Morgan fingerprint density at radius 3 is 2.76 bits per heavy atom. The van der Waals surface area contributed by atoms with Crippen LogP contribution in [0.5, 0.6) is 11.8 Å². The number of benzene rings is 3. The molecular formula is C38H40ClFN8O3. The summed E-state index contributed by atoms with van der Waals surface area (Å²) >= 11 is 6.86. The zero-order chi connectivity index (χ0) is 35.4. The van der Waals surface area contributed by atoms with Crippen molar-refractivity contribution < 1.29 is 18.7 Å². The lowest BCUT2D eigenvalue weighted by Gasteiger charge is -2.38. The van der Waals surface area contributed by atoms with Crippen LogP contribution in [0.25, 0.3) is 10.8 Å². The van der Waals surface area contributed by atoms with Gasteiger partial charge in [0.15, 0.2) is 0 Å². The maximum atomic E-state index is 14.8. The first-order chi connectivity index (χ1) is 24.6. The first kappa shape index (κ1) is 33.2. The predicted molar refractivity (Wildman–Crippen MR) is 195 cm³/mol. The highest BCUT2D eigenvalue weighted by Gasteiger charge is 2.33. The van der Waals surface area contributed by atoms with Gasteiger partial charge >= 0.3 is 12.0 Å². The van der Waals surface area contributed by atoms with E-state index in [1.807, 2.05) is 54.0 Å². The van der Waals surface area contributed by atoms with Gasteiger partial charge in [0.2, 0.25) is 5.95 Å². The van der Waals surface area contributed by atoms with Crippen LogP contribution in [0.1, 0.15) is 52.6 Å². The number of hydrogen-bond acceptors (Lipinski definition) is 10. The van der Waals surface area contributed by atoms with Crippen molar-refractivity contribution in [3.63, 3.8) is 0 Å². The predicted octanol–water partition coefficient (Wildman–Crippen LogP) is 6.17. The van der Waals surface area contributed by atoms with Crippen molar-refractivity contribution in [3.8, 4) is 11.8 Å². The number of halogens is 2. The average molecular weight is 711 g/mol. The molecule has 8 rings (SSSR count). The van der Waals surface area contributed by atoms with Gasteiger partial charge in [0, 0.05) is 47.9 Å². The maximum Gasteiger partial charge on any atom is 0.345 e. The molecule has 3 aliphatic heterocycles. The quantitative estimate of drug-likeness (QED) is 0.119. The minimum atomic E-state index is -0.526. The monoisotopic (exact) mass is 710 g/mol. The third-order valence-corrected chi connectivity index (χ3v) is 10.8. The largest absolute Gasteiger partial charge is 0.462 e. The van der Waals surface area contributed by atoms with E-state index in [0.717, 1.165) is 58.5 Å². The van der Waals surface area contributed by atoms with Crippen molar-refractivity contribution in [1.29, 1.82) is 0 Å². The van der Waals surface area contributed by atoms with E-state index in [4.69, 9.17) is 36.8 Å². The van der Waals surface area contributed by atoms with E-state index in [-0.39, 0.29) is 12.1 Å². The minimum Gasteiger partial charge on any atom is -0.462 e. The number of likely N-dealkylation sites (N-methyl/N-ethyl adjacent to an activating group) is 1. The summed E-state index contributed by atoms with van der Waals surface area (Å²) in [5, 5.41) is 2.27. The third-order valence-electron chi connectivity index (χ3n) is 10.5. The van der Waals surface area contributed by atoms with Gasteiger partial charge in [0.1, 0.15) is 18.2 Å². The lowest BCUT2D eigenvalue weighted by atomic mass is 10.0. The Kier molecular flexibility index (Phi) is 8.67. The summed E-state index contributed by atoms with van der Waals surface area (Å²) in [5.41, 5.74) is 10.8. The lowest BCUT2D eigenvalue weighted by Crippen LogP contribution is -2.43. The number of rotatable bonds is 7. The van der Waals surface area contributed by atoms with Gasteiger partial charge in [0.25, 0.3) is 0 Å². The third kappa shape index (κ3) is 6.20. The molecule has 2 atom stereocenters. The van der Waals surface area contributed by atoms with Gasteiger partial charge in [-0.1, -0.05) is 35.9 Å². The Labute approximate surface area is 300 Å². The Hall–Kier alpha value is -4.94. The topological polar surface area (TPSA) is 115 Å². The molecule has 3 aliphatic rings. The number of likely N-dealkylation sites (tertiary alicyclic amines) is 1. The number of fused-ring (bicyclic) bond motifs is 3. The molecule has 0 radical (unpaired) electrons. The second-order valence-corrected chi connectivity index (χ2v) is 14.2. The molecule has 0 amide bonds. The summed E-state index contributed by atoms with van der Waals surface area (Å²) in [5.74, 6) is 0.154. The highest BCUT2D eigenvalue weighted by Crippen LogP contribution is 2.41. The van der Waals surface area contributed by atoms with Gasteiger partial charge in [-0.25, -0.2) is 9.78 Å². The van der Waals surface area contributed by atoms with Crippen LogP contribution in [0.2, 0.25) is 5.02 Å². The van der Waals surface area contributed by atoms with Gasteiger partial charge in [-0.2, -0.15) is 14.4 Å². The van der Waals surface area contributed by atoms with Crippen molar-refractivity contribution in [2.75, 3.05) is 42.3 Å². The molecule has 3 aromatic carbocycles. The molecule has 2 aromatic heterocycles. The fraction of sp³-hybridized carbons (Fsp3) is 0.368. The number of hydrogen-bond donors (Lipinski definition) is 1. The van der Waals surface area contributed by atoms with Crippen molar-refractivity contribution in [3.05, 3.63) is 93.9 Å². The smallest absolute Gasteiger partial charge is 0.345 e. The highest BCUT2D eigenvalue weighted by atomic mass is 35.5. The molecule has 0 unspecified atom stereocenters. The number of aryl methyl sites for hydroxylation is 1. The summed E-state index contributed by atoms with van der Waals surface area (Å²) < 4.78 is 29.0. The number of nitrogens with two attached hydrogens (primary N) is 1. The second kappa shape index (κ2) is 13.3. The van der Waals surface area contributed by atoms with Crippen LogP contribution in [0.4, 0.5) is 21.6 Å². The van der Waals surface area contributed by atoms with Crippen LogP contribution in [0.3, 0.4) is 0 Å². The number of ether oxygens (including phenoxy) is 2. The molecule has 1 fully saturated rings. The normalized spacial score (nSPS) is 18.9. The number of carbonyl (C=O) groups excluding carboxylic acids is 1. The number of nitrogen functional groups attached to an aromatic ring is 1.